The summed E-state index contributed by atoms with van der Waals surface area (Å²) in [5.74, 6) is -0.880. The topological polar surface area (TPSA) is 78.9 Å². The molecule has 1 unspecified atom stereocenters. The summed E-state index contributed by atoms with van der Waals surface area (Å²) in [6.07, 6.45) is 67.9. The first-order valence-corrected chi connectivity index (χ1v) is 28.3. The van der Waals surface area contributed by atoms with E-state index in [9.17, 15) is 14.4 Å². The largest absolute Gasteiger partial charge is 0.462 e. The third kappa shape index (κ3) is 52.1. The van der Waals surface area contributed by atoms with Gasteiger partial charge in [0.1, 0.15) is 13.2 Å². The van der Waals surface area contributed by atoms with E-state index in [0.29, 0.717) is 19.3 Å². The minimum Gasteiger partial charge on any atom is -0.462 e. The Kier molecular flexibility index (Phi) is 52.3. The first kappa shape index (κ1) is 63.1. The minimum absolute atomic E-state index is 0.0752. The van der Waals surface area contributed by atoms with Crippen molar-refractivity contribution >= 4 is 17.9 Å². The average Bonchev–Trinajstić information content (AvgIpc) is 3.31. The maximum absolute atomic E-state index is 12.8. The number of ether oxygens (including phenoxy) is 3. The van der Waals surface area contributed by atoms with Crippen LogP contribution in [0.2, 0.25) is 0 Å². The van der Waals surface area contributed by atoms with Crippen molar-refractivity contribution in [2.75, 3.05) is 13.2 Å². The van der Waals surface area contributed by atoms with Crippen LogP contribution >= 0.6 is 0 Å². The maximum atomic E-state index is 12.8. The van der Waals surface area contributed by atoms with Crippen molar-refractivity contribution in [3.05, 3.63) is 60.8 Å². The van der Waals surface area contributed by atoms with Gasteiger partial charge in [-0.3, -0.25) is 14.4 Å². The van der Waals surface area contributed by atoms with E-state index in [0.717, 1.165) is 89.9 Å². The molecule has 0 rings (SSSR count). The molecule has 0 heterocycles. The predicted molar refractivity (Wildman–Crippen MR) is 284 cm³/mol. The van der Waals surface area contributed by atoms with Crippen molar-refractivity contribution in [3.63, 3.8) is 0 Å². The highest BCUT2D eigenvalue weighted by atomic mass is 16.6. The molecule has 0 aromatic heterocycles. The van der Waals surface area contributed by atoms with Crippen LogP contribution in [-0.2, 0) is 28.6 Å². The molecular formula is C60H106O6. The van der Waals surface area contributed by atoms with Crippen molar-refractivity contribution < 1.29 is 28.6 Å². The van der Waals surface area contributed by atoms with Crippen LogP contribution in [0.4, 0.5) is 0 Å². The van der Waals surface area contributed by atoms with Crippen LogP contribution in [0.15, 0.2) is 60.8 Å². The highest BCUT2D eigenvalue weighted by Crippen LogP contribution is 2.16. The number of carbonyl (C=O) groups is 3. The number of hydrogen-bond acceptors (Lipinski definition) is 6. The van der Waals surface area contributed by atoms with Gasteiger partial charge in [0.2, 0.25) is 0 Å². The molecule has 0 aromatic rings. The molecule has 0 aliphatic rings. The van der Waals surface area contributed by atoms with Gasteiger partial charge in [0.05, 0.1) is 0 Å². The summed E-state index contributed by atoms with van der Waals surface area (Å²) >= 11 is 0. The second kappa shape index (κ2) is 54.7. The zero-order valence-electron chi connectivity index (χ0n) is 43.7. The van der Waals surface area contributed by atoms with Gasteiger partial charge >= 0.3 is 17.9 Å². The van der Waals surface area contributed by atoms with E-state index >= 15 is 0 Å². The van der Waals surface area contributed by atoms with E-state index in [2.05, 4.69) is 81.5 Å². The Morgan fingerprint density at radius 2 is 0.591 bits per heavy atom. The van der Waals surface area contributed by atoms with Crippen LogP contribution in [0.1, 0.15) is 284 Å². The lowest BCUT2D eigenvalue weighted by atomic mass is 10.0. The molecule has 0 fully saturated rings. The van der Waals surface area contributed by atoms with Crippen LogP contribution < -0.4 is 0 Å². The van der Waals surface area contributed by atoms with Crippen LogP contribution in [-0.4, -0.2) is 37.2 Å². The zero-order valence-corrected chi connectivity index (χ0v) is 43.7. The van der Waals surface area contributed by atoms with E-state index < -0.39 is 6.10 Å². The van der Waals surface area contributed by atoms with Gasteiger partial charge in [-0.1, -0.05) is 242 Å². The SMILES string of the molecule is CC/C=C\C/C=C\C/C=C\C/C=C\CCCCCCCCCCCCCCC(=O)OCC(COC(=O)CCCCCCCCCCC)OC(=O)CCCCCCC/C=C\CCCCCCC. The molecule has 0 saturated heterocycles. The molecule has 0 radical (unpaired) electrons. The van der Waals surface area contributed by atoms with Gasteiger partial charge in [0.15, 0.2) is 6.10 Å². The normalized spacial score (nSPS) is 12.5. The van der Waals surface area contributed by atoms with E-state index in [1.807, 2.05) is 0 Å². The Hall–Kier alpha value is -2.89. The van der Waals surface area contributed by atoms with Gasteiger partial charge in [-0.15, -0.1) is 0 Å². The maximum Gasteiger partial charge on any atom is 0.306 e. The Bertz CT molecular complexity index is 1200. The molecule has 0 bridgehead atoms. The summed E-state index contributed by atoms with van der Waals surface area (Å²) < 4.78 is 16.8. The summed E-state index contributed by atoms with van der Waals surface area (Å²) in [5.41, 5.74) is 0. The second-order valence-electron chi connectivity index (χ2n) is 18.8. The van der Waals surface area contributed by atoms with Gasteiger partial charge in [0, 0.05) is 19.3 Å². The molecule has 0 saturated carbocycles. The number of rotatable bonds is 51. The number of unbranched alkanes of at least 4 members (excludes halogenated alkanes) is 30. The summed E-state index contributed by atoms with van der Waals surface area (Å²) in [4.78, 5) is 38.0. The first-order chi connectivity index (χ1) is 32.5. The fourth-order valence-electron chi connectivity index (χ4n) is 8.02. The standard InChI is InChI=1S/C60H106O6/c1-4-7-10-13-16-19-21-23-25-26-27-28-29-30-31-32-33-34-35-37-38-41-44-47-50-53-59(62)65-56-57(55-64-58(61)52-49-46-43-40-18-15-12-9-6-3)66-60(63)54-51-48-45-42-39-36-24-22-20-17-14-11-8-5-2/h7,10,16,19,22-25,27-28,57H,4-6,8-9,11-15,17-18,20-21,26,29-56H2,1-3H3/b10-7-,19-16-,24-22-,25-23-,28-27-. The highest BCUT2D eigenvalue weighted by molar-refractivity contribution is 5.71. The van der Waals surface area contributed by atoms with Gasteiger partial charge in [-0.05, 0) is 83.5 Å². The Labute approximate surface area is 409 Å². The molecule has 1 atom stereocenters. The van der Waals surface area contributed by atoms with Crippen LogP contribution in [0, 0.1) is 0 Å². The Morgan fingerprint density at radius 3 is 0.939 bits per heavy atom. The van der Waals surface area contributed by atoms with E-state index in [1.165, 1.54) is 154 Å². The predicted octanol–water partition coefficient (Wildman–Crippen LogP) is 18.8. The van der Waals surface area contributed by atoms with Crippen molar-refractivity contribution in [3.8, 4) is 0 Å². The molecule has 66 heavy (non-hydrogen) atoms. The van der Waals surface area contributed by atoms with Gasteiger partial charge in [-0.25, -0.2) is 0 Å². The van der Waals surface area contributed by atoms with E-state index in [1.54, 1.807) is 0 Å². The van der Waals surface area contributed by atoms with E-state index in [-0.39, 0.29) is 31.1 Å². The van der Waals surface area contributed by atoms with Gasteiger partial charge < -0.3 is 14.2 Å². The molecule has 0 N–H and O–H groups in total. The summed E-state index contributed by atoms with van der Waals surface area (Å²) in [5, 5.41) is 0. The quantitative estimate of drug-likeness (QED) is 0.0262. The third-order valence-corrected chi connectivity index (χ3v) is 12.3. The van der Waals surface area contributed by atoms with Gasteiger partial charge in [0.25, 0.3) is 0 Å². The number of esters is 3. The number of hydrogen-bond donors (Lipinski definition) is 0. The molecule has 6 nitrogen and oxygen atoms in total. The van der Waals surface area contributed by atoms with Crippen molar-refractivity contribution in [2.24, 2.45) is 0 Å². The summed E-state index contributed by atoms with van der Waals surface area (Å²) in [6, 6.07) is 0. The smallest absolute Gasteiger partial charge is 0.306 e. The van der Waals surface area contributed by atoms with Crippen LogP contribution in [0.3, 0.4) is 0 Å². The van der Waals surface area contributed by atoms with Crippen molar-refractivity contribution in [1.82, 2.24) is 0 Å². The molecule has 0 aliphatic carbocycles. The van der Waals surface area contributed by atoms with Crippen LogP contribution in [0.25, 0.3) is 0 Å². The lowest BCUT2D eigenvalue weighted by Crippen LogP contribution is -2.30. The lowest BCUT2D eigenvalue weighted by molar-refractivity contribution is -0.167. The minimum atomic E-state index is -0.775. The molecule has 0 aliphatic heterocycles. The third-order valence-electron chi connectivity index (χ3n) is 12.3. The first-order valence-electron chi connectivity index (χ1n) is 28.3. The second-order valence-corrected chi connectivity index (χ2v) is 18.8. The summed E-state index contributed by atoms with van der Waals surface area (Å²) in [6.45, 7) is 6.51. The molecule has 0 amide bonds. The average molecular weight is 924 g/mol. The molecular weight excluding hydrogens is 817 g/mol. The van der Waals surface area contributed by atoms with Gasteiger partial charge in [-0.2, -0.15) is 0 Å². The molecule has 6 heteroatoms. The fourth-order valence-corrected chi connectivity index (χ4v) is 8.02. The zero-order chi connectivity index (χ0) is 47.9. The highest BCUT2D eigenvalue weighted by Gasteiger charge is 2.19. The lowest BCUT2D eigenvalue weighted by Gasteiger charge is -2.18. The number of allylic oxidation sites excluding steroid dienone is 10. The Morgan fingerprint density at radius 1 is 0.318 bits per heavy atom. The van der Waals surface area contributed by atoms with Crippen LogP contribution in [0.5, 0.6) is 0 Å². The van der Waals surface area contributed by atoms with E-state index in [4.69, 9.17) is 14.2 Å². The van der Waals surface area contributed by atoms with Crippen molar-refractivity contribution in [2.45, 2.75) is 290 Å². The molecule has 0 aromatic carbocycles. The fraction of sp³-hybridized carbons (Fsp3) is 0.783. The molecule has 382 valence electrons. The Balaban J connectivity index is 4.20. The summed E-state index contributed by atoms with van der Waals surface area (Å²) in [7, 11) is 0. The monoisotopic (exact) mass is 923 g/mol. The molecule has 0 spiro atoms. The number of carbonyl (C=O) groups excluding carboxylic acids is 3. The van der Waals surface area contributed by atoms with Crippen molar-refractivity contribution in [1.29, 1.82) is 0 Å².